The molecule has 0 radical (unpaired) electrons. The van der Waals surface area contributed by atoms with E-state index in [1.165, 1.54) is 10.8 Å². The molecule has 0 bridgehead atoms. The van der Waals surface area contributed by atoms with Crippen LogP contribution in [0.25, 0.3) is 49.5 Å². The van der Waals surface area contributed by atoms with Crippen LogP contribution in [0.1, 0.15) is 22.9 Å². The molecule has 0 saturated heterocycles. The zero-order valence-electron chi connectivity index (χ0n) is 25.5. The van der Waals surface area contributed by atoms with E-state index in [4.69, 9.17) is 9.98 Å². The minimum atomic E-state index is -0.308. The summed E-state index contributed by atoms with van der Waals surface area (Å²) < 4.78 is 2.34. The highest BCUT2D eigenvalue weighted by Gasteiger charge is 2.24. The molecule has 0 spiro atoms. The quantitative estimate of drug-likeness (QED) is 0.213. The van der Waals surface area contributed by atoms with Gasteiger partial charge in [0.25, 0.3) is 0 Å². The number of fused-ring (bicyclic) bond motifs is 4. The van der Waals surface area contributed by atoms with Gasteiger partial charge in [-0.3, -0.25) is 4.98 Å². The van der Waals surface area contributed by atoms with E-state index in [9.17, 15) is 0 Å². The van der Waals surface area contributed by atoms with Crippen molar-refractivity contribution in [2.45, 2.75) is 6.17 Å². The van der Waals surface area contributed by atoms with Crippen LogP contribution in [0.5, 0.6) is 0 Å². The van der Waals surface area contributed by atoms with Gasteiger partial charge in [-0.1, -0.05) is 115 Å². The van der Waals surface area contributed by atoms with E-state index >= 15 is 0 Å². The van der Waals surface area contributed by atoms with Crippen LogP contribution in [-0.2, 0) is 0 Å². The summed E-state index contributed by atoms with van der Waals surface area (Å²) in [6.45, 7) is 0. The molecular formula is C42H29N5. The molecule has 8 aromatic rings. The summed E-state index contributed by atoms with van der Waals surface area (Å²) in [4.78, 5) is 15.1. The first-order valence-corrected chi connectivity index (χ1v) is 15.8. The Morgan fingerprint density at radius 2 is 1.32 bits per heavy atom. The molecule has 1 atom stereocenters. The predicted octanol–water partition coefficient (Wildman–Crippen LogP) is 9.49. The standard InChI is InChI=1S/C42H29N5/c1-3-12-29(13-4-1)40-44-41(32-15-9-14-30(26-32)31-24-23-28-16-11-25-43-37(28)27-31)46-42(45-40)36-21-10-20-35-34-19-7-8-22-38(34)47(39(35)36)33-17-5-2-6-18-33/h1-27,40H,(H,44,45,46). The fourth-order valence-corrected chi connectivity index (χ4v) is 6.66. The minimum absolute atomic E-state index is 0.308. The normalized spacial score (nSPS) is 14.6. The molecule has 6 aromatic carbocycles. The zero-order chi connectivity index (χ0) is 31.2. The third kappa shape index (κ3) is 4.77. The van der Waals surface area contributed by atoms with Gasteiger partial charge in [0.15, 0.2) is 5.84 Å². The molecule has 5 nitrogen and oxygen atoms in total. The van der Waals surface area contributed by atoms with Crippen LogP contribution in [0.4, 0.5) is 0 Å². The summed E-state index contributed by atoms with van der Waals surface area (Å²) in [6.07, 6.45) is 1.53. The highest BCUT2D eigenvalue weighted by Crippen LogP contribution is 2.35. The van der Waals surface area contributed by atoms with Crippen LogP contribution in [-0.4, -0.2) is 21.2 Å². The topological polar surface area (TPSA) is 54.6 Å². The van der Waals surface area contributed by atoms with Gasteiger partial charge in [0.1, 0.15) is 12.0 Å². The Labute approximate surface area is 272 Å². The number of aromatic nitrogens is 2. The van der Waals surface area contributed by atoms with Crippen molar-refractivity contribution in [3.05, 3.63) is 181 Å². The molecule has 0 fully saturated rings. The molecule has 0 aliphatic carbocycles. The number of nitrogens with zero attached hydrogens (tertiary/aromatic N) is 4. The second-order valence-corrected chi connectivity index (χ2v) is 11.8. The van der Waals surface area contributed by atoms with Crippen LogP contribution in [0.3, 0.4) is 0 Å². The van der Waals surface area contributed by atoms with Crippen LogP contribution >= 0.6 is 0 Å². The molecule has 0 amide bonds. The van der Waals surface area contributed by atoms with Crippen molar-refractivity contribution in [1.29, 1.82) is 0 Å². The molecule has 9 rings (SSSR count). The van der Waals surface area contributed by atoms with E-state index in [-0.39, 0.29) is 6.17 Å². The lowest BCUT2D eigenvalue weighted by atomic mass is 10.0. The first kappa shape index (κ1) is 27.0. The fourth-order valence-electron chi connectivity index (χ4n) is 6.66. The van der Waals surface area contributed by atoms with Crippen LogP contribution in [0.2, 0.25) is 0 Å². The van der Waals surface area contributed by atoms with Crippen molar-refractivity contribution in [1.82, 2.24) is 14.9 Å². The van der Waals surface area contributed by atoms with E-state index in [0.717, 1.165) is 61.3 Å². The largest absolute Gasteiger partial charge is 0.344 e. The third-order valence-electron chi connectivity index (χ3n) is 8.88. The number of para-hydroxylation sites is 3. The van der Waals surface area contributed by atoms with Gasteiger partial charge in [0.2, 0.25) is 0 Å². The lowest BCUT2D eigenvalue weighted by molar-refractivity contribution is 0.674. The summed E-state index contributed by atoms with van der Waals surface area (Å²) in [6, 6.07) is 55.0. The number of amidine groups is 2. The highest BCUT2D eigenvalue weighted by atomic mass is 15.2. The van der Waals surface area contributed by atoms with E-state index in [2.05, 4.69) is 160 Å². The van der Waals surface area contributed by atoms with Crippen LogP contribution in [0, 0.1) is 0 Å². The molecule has 1 unspecified atom stereocenters. The molecule has 3 heterocycles. The number of nitrogens with one attached hydrogen (secondary N) is 1. The second-order valence-electron chi connectivity index (χ2n) is 11.8. The van der Waals surface area contributed by atoms with Gasteiger partial charge in [-0.15, -0.1) is 0 Å². The molecule has 5 heteroatoms. The van der Waals surface area contributed by atoms with Crippen molar-refractivity contribution in [2.75, 3.05) is 0 Å². The molecule has 0 saturated carbocycles. The van der Waals surface area contributed by atoms with Crippen molar-refractivity contribution >= 4 is 44.4 Å². The highest BCUT2D eigenvalue weighted by molar-refractivity contribution is 6.21. The summed E-state index contributed by atoms with van der Waals surface area (Å²) >= 11 is 0. The lowest BCUT2D eigenvalue weighted by Gasteiger charge is -2.24. The number of hydrogen-bond acceptors (Lipinski definition) is 4. The Hall–Kier alpha value is -6.33. The Morgan fingerprint density at radius 3 is 2.21 bits per heavy atom. The number of aliphatic imine (C=N–C) groups is 2. The maximum Gasteiger partial charge on any atom is 0.161 e. The van der Waals surface area contributed by atoms with Crippen molar-refractivity contribution in [2.24, 2.45) is 9.98 Å². The summed E-state index contributed by atoms with van der Waals surface area (Å²) in [5.74, 6) is 1.47. The zero-order valence-corrected chi connectivity index (χ0v) is 25.5. The molecule has 1 aliphatic heterocycles. The number of benzene rings is 6. The van der Waals surface area contributed by atoms with Crippen molar-refractivity contribution in [3.63, 3.8) is 0 Å². The van der Waals surface area contributed by atoms with Crippen LogP contribution < -0.4 is 5.32 Å². The second kappa shape index (κ2) is 11.2. The van der Waals surface area contributed by atoms with Gasteiger partial charge in [-0.05, 0) is 59.2 Å². The van der Waals surface area contributed by atoms with Gasteiger partial charge >= 0.3 is 0 Å². The van der Waals surface area contributed by atoms with Gasteiger partial charge in [0.05, 0.1) is 16.6 Å². The Balaban J connectivity index is 1.24. The predicted molar refractivity (Wildman–Crippen MR) is 193 cm³/mol. The number of rotatable bonds is 5. The van der Waals surface area contributed by atoms with E-state index in [1.54, 1.807) is 0 Å². The summed E-state index contributed by atoms with van der Waals surface area (Å²) in [5, 5.41) is 7.15. The monoisotopic (exact) mass is 603 g/mol. The molecule has 1 aliphatic rings. The van der Waals surface area contributed by atoms with E-state index < -0.39 is 0 Å². The number of hydrogen-bond donors (Lipinski definition) is 1. The lowest BCUT2D eigenvalue weighted by Crippen LogP contribution is -2.33. The SMILES string of the molecule is c1ccc(C2N=C(c3cccc4c5ccccc5n(-c5ccccc5)c34)N=C(c3cccc(-c4ccc5cccnc5c4)c3)N2)cc1. The Kier molecular flexibility index (Phi) is 6.46. The van der Waals surface area contributed by atoms with Gasteiger partial charge in [0, 0.05) is 39.2 Å². The molecule has 2 aromatic heterocycles. The van der Waals surface area contributed by atoms with Crippen molar-refractivity contribution < 1.29 is 0 Å². The van der Waals surface area contributed by atoms with Gasteiger partial charge < -0.3 is 9.88 Å². The van der Waals surface area contributed by atoms with E-state index in [1.807, 2.05) is 18.3 Å². The average molecular weight is 604 g/mol. The maximum atomic E-state index is 5.27. The fraction of sp³-hybridized carbons (Fsp3) is 0.0238. The maximum absolute atomic E-state index is 5.27. The molecule has 1 N–H and O–H groups in total. The molecule has 47 heavy (non-hydrogen) atoms. The Bertz CT molecular complexity index is 2490. The van der Waals surface area contributed by atoms with Gasteiger partial charge in [-0.25, -0.2) is 9.98 Å². The first-order valence-electron chi connectivity index (χ1n) is 15.8. The Morgan fingerprint density at radius 1 is 0.574 bits per heavy atom. The summed E-state index contributed by atoms with van der Waals surface area (Å²) in [7, 11) is 0. The van der Waals surface area contributed by atoms with Crippen molar-refractivity contribution in [3.8, 4) is 16.8 Å². The third-order valence-corrected chi connectivity index (χ3v) is 8.88. The van der Waals surface area contributed by atoms with Gasteiger partial charge in [-0.2, -0.15) is 0 Å². The smallest absolute Gasteiger partial charge is 0.161 e. The minimum Gasteiger partial charge on any atom is -0.344 e. The van der Waals surface area contributed by atoms with Crippen LogP contribution in [0.15, 0.2) is 174 Å². The summed E-state index contributed by atoms with van der Waals surface area (Å²) in [5.41, 5.74) is 9.58. The first-order chi connectivity index (χ1) is 23.3. The number of pyridine rings is 1. The van der Waals surface area contributed by atoms with E-state index in [0.29, 0.717) is 5.84 Å². The molecular weight excluding hydrogens is 574 g/mol. The average Bonchev–Trinajstić information content (AvgIpc) is 3.50. The molecule has 222 valence electrons.